The van der Waals surface area contributed by atoms with Crippen LogP contribution in [-0.2, 0) is 0 Å². The van der Waals surface area contributed by atoms with Crippen molar-refractivity contribution in [2.75, 3.05) is 14.2 Å². The molecule has 170 valence electrons. The molecule has 0 saturated heterocycles. The van der Waals surface area contributed by atoms with Crippen molar-refractivity contribution < 1.29 is 13.9 Å². The van der Waals surface area contributed by atoms with Gasteiger partial charge in [0.25, 0.3) is 0 Å². The zero-order valence-electron chi connectivity index (χ0n) is 19.7. The number of benzene rings is 3. The number of nitriles is 1. The monoisotopic (exact) mass is 450 g/mol. The van der Waals surface area contributed by atoms with E-state index >= 15 is 0 Å². The molecule has 5 heteroatoms. The molecule has 0 aliphatic rings. The van der Waals surface area contributed by atoms with E-state index < -0.39 is 0 Å². The Balaban J connectivity index is 1.81. The van der Waals surface area contributed by atoms with Crippen molar-refractivity contribution in [3.8, 4) is 40.0 Å². The fourth-order valence-electron chi connectivity index (χ4n) is 3.69. The summed E-state index contributed by atoms with van der Waals surface area (Å²) in [6, 6.07) is 25.6. The first-order valence-corrected chi connectivity index (χ1v) is 11.0. The molecule has 0 amide bonds. The van der Waals surface area contributed by atoms with Gasteiger partial charge in [0.15, 0.2) is 0 Å². The minimum Gasteiger partial charge on any atom is -0.497 e. The van der Waals surface area contributed by atoms with Crippen LogP contribution in [0.1, 0.15) is 36.5 Å². The molecule has 0 aliphatic carbocycles. The molecule has 0 atom stereocenters. The van der Waals surface area contributed by atoms with Crippen LogP contribution in [0.25, 0.3) is 22.5 Å². The average Bonchev–Trinajstić information content (AvgIpc) is 3.26. The molecule has 3 aromatic carbocycles. The maximum absolute atomic E-state index is 10.1. The van der Waals surface area contributed by atoms with Crippen LogP contribution in [0.5, 0.6) is 11.5 Å². The van der Waals surface area contributed by atoms with Gasteiger partial charge in [-0.2, -0.15) is 5.26 Å². The van der Waals surface area contributed by atoms with Gasteiger partial charge >= 0.3 is 0 Å². The number of methoxy groups -OCH3 is 2. The Hall–Kier alpha value is -4.30. The second-order valence-electron chi connectivity index (χ2n) is 8.13. The number of hydrogen-bond acceptors (Lipinski definition) is 5. The number of nitrogens with zero attached hydrogens (tertiary/aromatic N) is 2. The van der Waals surface area contributed by atoms with Crippen LogP contribution in [0.15, 0.2) is 82.2 Å². The Morgan fingerprint density at radius 3 is 1.88 bits per heavy atom. The highest BCUT2D eigenvalue weighted by Gasteiger charge is 2.23. The highest BCUT2D eigenvalue weighted by atomic mass is 16.5. The van der Waals surface area contributed by atoms with Crippen molar-refractivity contribution in [3.05, 3.63) is 89.5 Å². The van der Waals surface area contributed by atoms with E-state index in [9.17, 15) is 5.26 Å². The molecule has 0 unspecified atom stereocenters. The molecule has 0 spiro atoms. The normalized spacial score (nSPS) is 11.1. The molecule has 1 heterocycles. The Morgan fingerprint density at radius 2 is 1.38 bits per heavy atom. The standard InChI is InChI=1S/C29H26N2O3/c1-19(2)21-7-5-20(6-8-21)18-31-29-26(17-30)27(22-9-13-24(32-3)14-10-22)28(34-29)23-11-15-25(33-4)16-12-23/h5-16,18-19H,1-4H3. The minimum absolute atomic E-state index is 0.270. The van der Waals surface area contributed by atoms with Crippen molar-refractivity contribution in [3.63, 3.8) is 0 Å². The molecule has 5 nitrogen and oxygen atoms in total. The van der Waals surface area contributed by atoms with Gasteiger partial charge in [-0.3, -0.25) is 0 Å². The third kappa shape index (κ3) is 4.72. The predicted molar refractivity (Wildman–Crippen MR) is 135 cm³/mol. The molecule has 4 rings (SSSR count). The summed E-state index contributed by atoms with van der Waals surface area (Å²) in [4.78, 5) is 4.56. The van der Waals surface area contributed by atoms with E-state index in [0.29, 0.717) is 22.8 Å². The smallest absolute Gasteiger partial charge is 0.238 e. The van der Waals surface area contributed by atoms with Gasteiger partial charge in [-0.25, -0.2) is 4.99 Å². The summed E-state index contributed by atoms with van der Waals surface area (Å²) in [6.07, 6.45) is 1.72. The van der Waals surface area contributed by atoms with E-state index in [2.05, 4.69) is 37.0 Å². The number of furan rings is 1. The third-order valence-corrected chi connectivity index (χ3v) is 5.67. The van der Waals surface area contributed by atoms with Gasteiger partial charge in [0, 0.05) is 17.3 Å². The molecule has 34 heavy (non-hydrogen) atoms. The van der Waals surface area contributed by atoms with Gasteiger partial charge in [-0.05, 0) is 59.0 Å². The second-order valence-corrected chi connectivity index (χ2v) is 8.13. The first-order valence-electron chi connectivity index (χ1n) is 11.0. The predicted octanol–water partition coefficient (Wildman–Crippen LogP) is 7.38. The largest absolute Gasteiger partial charge is 0.497 e. The molecule has 0 N–H and O–H groups in total. The molecule has 0 fully saturated rings. The SMILES string of the molecule is COc1ccc(-c2oc(N=Cc3ccc(C(C)C)cc3)c(C#N)c2-c2ccc(OC)cc2)cc1. The van der Waals surface area contributed by atoms with Crippen LogP contribution in [0.4, 0.5) is 5.88 Å². The topological polar surface area (TPSA) is 67.8 Å². The van der Waals surface area contributed by atoms with E-state index in [-0.39, 0.29) is 5.88 Å². The molecule has 1 aromatic heterocycles. The van der Waals surface area contributed by atoms with Crippen LogP contribution in [0.2, 0.25) is 0 Å². The molecule has 0 radical (unpaired) electrons. The Kier molecular flexibility index (Phi) is 6.79. The van der Waals surface area contributed by atoms with E-state index in [0.717, 1.165) is 28.2 Å². The third-order valence-electron chi connectivity index (χ3n) is 5.67. The van der Waals surface area contributed by atoms with E-state index in [1.54, 1.807) is 20.4 Å². The lowest BCUT2D eigenvalue weighted by Gasteiger charge is -2.06. The Bertz CT molecular complexity index is 1320. The zero-order chi connectivity index (χ0) is 24.1. The fourth-order valence-corrected chi connectivity index (χ4v) is 3.69. The lowest BCUT2D eigenvalue weighted by atomic mass is 9.98. The summed E-state index contributed by atoms with van der Waals surface area (Å²) >= 11 is 0. The van der Waals surface area contributed by atoms with Crippen molar-refractivity contribution in [1.82, 2.24) is 0 Å². The first-order chi connectivity index (χ1) is 16.5. The maximum atomic E-state index is 10.1. The first kappa shape index (κ1) is 22.9. The lowest BCUT2D eigenvalue weighted by molar-refractivity contribution is 0.414. The van der Waals surface area contributed by atoms with Gasteiger partial charge < -0.3 is 13.9 Å². The number of rotatable bonds is 7. The molecule has 0 bridgehead atoms. The minimum atomic E-state index is 0.270. The van der Waals surface area contributed by atoms with Gasteiger partial charge in [0.1, 0.15) is 28.9 Å². The molecule has 0 saturated carbocycles. The summed E-state index contributed by atoms with van der Waals surface area (Å²) in [7, 11) is 3.25. The summed E-state index contributed by atoms with van der Waals surface area (Å²) < 4.78 is 16.8. The van der Waals surface area contributed by atoms with Gasteiger partial charge in [0.05, 0.1) is 14.2 Å². The van der Waals surface area contributed by atoms with Crippen LogP contribution in [-0.4, -0.2) is 20.4 Å². The molecular formula is C29H26N2O3. The number of ether oxygens (including phenoxy) is 2. The lowest BCUT2D eigenvalue weighted by Crippen LogP contribution is -1.88. The van der Waals surface area contributed by atoms with Crippen molar-refractivity contribution >= 4 is 12.1 Å². The molecule has 0 aliphatic heterocycles. The van der Waals surface area contributed by atoms with E-state index in [1.807, 2.05) is 60.7 Å². The van der Waals surface area contributed by atoms with Crippen LogP contribution >= 0.6 is 0 Å². The zero-order valence-corrected chi connectivity index (χ0v) is 19.7. The second kappa shape index (κ2) is 10.1. The van der Waals surface area contributed by atoms with Crippen molar-refractivity contribution in [2.45, 2.75) is 19.8 Å². The number of hydrogen-bond donors (Lipinski definition) is 0. The maximum Gasteiger partial charge on any atom is 0.238 e. The van der Waals surface area contributed by atoms with Crippen LogP contribution in [0.3, 0.4) is 0 Å². The van der Waals surface area contributed by atoms with Crippen LogP contribution in [0, 0.1) is 11.3 Å². The van der Waals surface area contributed by atoms with Crippen LogP contribution < -0.4 is 9.47 Å². The Morgan fingerprint density at radius 1 is 0.824 bits per heavy atom. The van der Waals surface area contributed by atoms with Gasteiger partial charge in [0.2, 0.25) is 5.88 Å². The number of aliphatic imine (C=N–C) groups is 1. The highest BCUT2D eigenvalue weighted by molar-refractivity contribution is 5.90. The quantitative estimate of drug-likeness (QED) is 0.276. The van der Waals surface area contributed by atoms with Crippen molar-refractivity contribution in [2.24, 2.45) is 4.99 Å². The van der Waals surface area contributed by atoms with Gasteiger partial charge in [-0.15, -0.1) is 0 Å². The highest BCUT2D eigenvalue weighted by Crippen LogP contribution is 2.43. The summed E-state index contributed by atoms with van der Waals surface area (Å²) in [5, 5.41) is 10.1. The molecule has 4 aromatic rings. The molecular weight excluding hydrogens is 424 g/mol. The average molecular weight is 451 g/mol. The fraction of sp³-hybridized carbons (Fsp3) is 0.172. The van der Waals surface area contributed by atoms with E-state index in [4.69, 9.17) is 13.9 Å². The summed E-state index contributed by atoms with van der Waals surface area (Å²) in [5.41, 5.74) is 4.93. The van der Waals surface area contributed by atoms with Crippen molar-refractivity contribution in [1.29, 1.82) is 5.26 Å². The van der Waals surface area contributed by atoms with Gasteiger partial charge in [-0.1, -0.05) is 50.2 Å². The Labute approximate surface area is 199 Å². The summed E-state index contributed by atoms with van der Waals surface area (Å²) in [6.45, 7) is 4.32. The van der Waals surface area contributed by atoms with E-state index in [1.165, 1.54) is 5.56 Å². The summed E-state index contributed by atoms with van der Waals surface area (Å²) in [5.74, 6) is 2.78.